The SMILES string of the molecule is N#CC1(COc2ccc(F)cc2Cl)CCN(C(=O)c2cc3c(cc2F)OCC(=O)N3)CC1. The first-order valence-electron chi connectivity index (χ1n) is 9.85. The summed E-state index contributed by atoms with van der Waals surface area (Å²) in [6, 6.07) is 8.32. The van der Waals surface area contributed by atoms with Gasteiger partial charge in [0.1, 0.15) is 29.7 Å². The van der Waals surface area contributed by atoms with Crippen LogP contribution in [0.4, 0.5) is 14.5 Å². The molecule has 2 amide bonds. The van der Waals surface area contributed by atoms with Crippen molar-refractivity contribution in [1.29, 1.82) is 5.26 Å². The molecule has 0 radical (unpaired) electrons. The Kier molecular flexibility index (Phi) is 5.89. The van der Waals surface area contributed by atoms with Gasteiger partial charge in [-0.25, -0.2) is 8.78 Å². The summed E-state index contributed by atoms with van der Waals surface area (Å²) in [7, 11) is 0. The monoisotopic (exact) mass is 461 g/mol. The lowest BCUT2D eigenvalue weighted by Gasteiger charge is -2.37. The van der Waals surface area contributed by atoms with E-state index in [1.54, 1.807) is 0 Å². The third kappa shape index (κ3) is 4.32. The number of anilines is 1. The van der Waals surface area contributed by atoms with Crippen LogP contribution in [0.15, 0.2) is 30.3 Å². The number of hydrogen-bond donors (Lipinski definition) is 1. The van der Waals surface area contributed by atoms with Crippen LogP contribution in [-0.2, 0) is 4.79 Å². The van der Waals surface area contributed by atoms with Gasteiger partial charge in [-0.3, -0.25) is 9.59 Å². The number of carbonyl (C=O) groups excluding carboxylic acids is 2. The van der Waals surface area contributed by atoms with E-state index in [0.717, 1.165) is 12.1 Å². The molecule has 2 aliphatic heterocycles. The third-order valence-electron chi connectivity index (χ3n) is 5.58. The molecule has 2 heterocycles. The number of halogens is 3. The summed E-state index contributed by atoms with van der Waals surface area (Å²) in [5.41, 5.74) is -0.822. The van der Waals surface area contributed by atoms with Gasteiger partial charge >= 0.3 is 0 Å². The van der Waals surface area contributed by atoms with Crippen molar-refractivity contribution in [2.75, 3.05) is 31.6 Å². The van der Waals surface area contributed by atoms with Crippen LogP contribution in [0, 0.1) is 28.4 Å². The van der Waals surface area contributed by atoms with Crippen molar-refractivity contribution < 1.29 is 27.8 Å². The summed E-state index contributed by atoms with van der Waals surface area (Å²) in [6.45, 7) is 0.235. The number of likely N-dealkylation sites (tertiary alicyclic amines) is 1. The molecule has 4 rings (SSSR count). The van der Waals surface area contributed by atoms with Gasteiger partial charge in [0.25, 0.3) is 11.8 Å². The van der Waals surface area contributed by atoms with Crippen molar-refractivity contribution in [3.63, 3.8) is 0 Å². The zero-order chi connectivity index (χ0) is 22.9. The van der Waals surface area contributed by atoms with Crippen LogP contribution < -0.4 is 14.8 Å². The molecule has 0 atom stereocenters. The highest BCUT2D eigenvalue weighted by atomic mass is 35.5. The second-order valence-electron chi connectivity index (χ2n) is 7.71. The van der Waals surface area contributed by atoms with Crippen LogP contribution >= 0.6 is 11.6 Å². The molecule has 32 heavy (non-hydrogen) atoms. The van der Waals surface area contributed by atoms with E-state index in [-0.39, 0.29) is 60.0 Å². The highest BCUT2D eigenvalue weighted by molar-refractivity contribution is 6.32. The molecule has 10 heteroatoms. The van der Waals surface area contributed by atoms with Gasteiger partial charge in [-0.1, -0.05) is 11.6 Å². The number of nitriles is 1. The summed E-state index contributed by atoms with van der Waals surface area (Å²) >= 11 is 5.97. The Bertz CT molecular complexity index is 1130. The summed E-state index contributed by atoms with van der Waals surface area (Å²) in [4.78, 5) is 25.9. The number of rotatable bonds is 4. The third-order valence-corrected chi connectivity index (χ3v) is 5.87. The van der Waals surface area contributed by atoms with Gasteiger partial charge in [0.2, 0.25) is 0 Å². The molecule has 166 valence electrons. The van der Waals surface area contributed by atoms with Crippen LogP contribution in [0.3, 0.4) is 0 Å². The summed E-state index contributed by atoms with van der Waals surface area (Å²) in [5.74, 6) is -1.75. The van der Waals surface area contributed by atoms with Gasteiger partial charge in [0, 0.05) is 19.2 Å². The van der Waals surface area contributed by atoms with Crippen LogP contribution in [0.5, 0.6) is 11.5 Å². The number of nitrogens with one attached hydrogen (secondary N) is 1. The smallest absolute Gasteiger partial charge is 0.262 e. The fourth-order valence-electron chi connectivity index (χ4n) is 3.67. The first-order valence-corrected chi connectivity index (χ1v) is 10.2. The van der Waals surface area contributed by atoms with Gasteiger partial charge in [0.15, 0.2) is 6.61 Å². The summed E-state index contributed by atoms with van der Waals surface area (Å²) < 4.78 is 38.5. The zero-order valence-corrected chi connectivity index (χ0v) is 17.5. The molecule has 2 aliphatic rings. The lowest BCUT2D eigenvalue weighted by atomic mass is 9.80. The highest BCUT2D eigenvalue weighted by Gasteiger charge is 2.38. The molecule has 0 saturated carbocycles. The summed E-state index contributed by atoms with van der Waals surface area (Å²) in [6.07, 6.45) is 0.612. The largest absolute Gasteiger partial charge is 0.490 e. The number of hydrogen-bond acceptors (Lipinski definition) is 5. The molecule has 0 bridgehead atoms. The van der Waals surface area contributed by atoms with E-state index < -0.39 is 23.0 Å². The molecule has 1 saturated heterocycles. The Morgan fingerprint density at radius 2 is 2.03 bits per heavy atom. The number of amides is 2. The Balaban J connectivity index is 1.43. The van der Waals surface area contributed by atoms with Gasteiger partial charge in [0.05, 0.1) is 27.8 Å². The van der Waals surface area contributed by atoms with Gasteiger partial charge in [-0.2, -0.15) is 5.26 Å². The van der Waals surface area contributed by atoms with Gasteiger partial charge < -0.3 is 19.7 Å². The fraction of sp³-hybridized carbons (Fsp3) is 0.318. The molecule has 0 spiro atoms. The van der Waals surface area contributed by atoms with Crippen molar-refractivity contribution >= 4 is 29.1 Å². The van der Waals surface area contributed by atoms with Crippen LogP contribution in [0.2, 0.25) is 5.02 Å². The van der Waals surface area contributed by atoms with Crippen molar-refractivity contribution in [2.24, 2.45) is 5.41 Å². The minimum Gasteiger partial charge on any atom is -0.490 e. The van der Waals surface area contributed by atoms with E-state index in [0.29, 0.717) is 12.8 Å². The normalized spacial score (nSPS) is 16.9. The lowest BCUT2D eigenvalue weighted by Crippen LogP contribution is -2.45. The van der Waals surface area contributed by atoms with Crippen molar-refractivity contribution in [2.45, 2.75) is 12.8 Å². The molecule has 1 fully saturated rings. The van der Waals surface area contributed by atoms with E-state index in [2.05, 4.69) is 11.4 Å². The van der Waals surface area contributed by atoms with Gasteiger partial charge in [-0.15, -0.1) is 0 Å². The van der Waals surface area contributed by atoms with Gasteiger partial charge in [-0.05, 0) is 37.1 Å². The fourth-order valence-corrected chi connectivity index (χ4v) is 3.89. The van der Waals surface area contributed by atoms with Crippen molar-refractivity contribution in [3.8, 4) is 17.6 Å². The Morgan fingerprint density at radius 1 is 1.28 bits per heavy atom. The standard InChI is InChI=1S/C22H18ClF2N3O4/c23-15-7-13(24)1-2-18(15)32-12-22(11-26)3-5-28(6-4-22)21(30)14-8-17-19(9-16(14)25)31-10-20(29)27-17/h1-2,7-9H,3-6,10,12H2,(H,27,29). The molecule has 0 unspecified atom stereocenters. The number of piperidine rings is 1. The number of carbonyl (C=O) groups is 2. The second-order valence-corrected chi connectivity index (χ2v) is 8.12. The average molecular weight is 462 g/mol. The molecule has 2 aromatic rings. The van der Waals surface area contributed by atoms with E-state index in [9.17, 15) is 23.6 Å². The average Bonchev–Trinajstić information content (AvgIpc) is 2.78. The van der Waals surface area contributed by atoms with Crippen molar-refractivity contribution in [1.82, 2.24) is 4.90 Å². The number of ether oxygens (including phenoxy) is 2. The number of fused-ring (bicyclic) bond motifs is 1. The Morgan fingerprint density at radius 3 is 2.72 bits per heavy atom. The molecule has 2 aromatic carbocycles. The Hall–Kier alpha value is -3.38. The maximum Gasteiger partial charge on any atom is 0.262 e. The molecule has 1 N–H and O–H groups in total. The minimum atomic E-state index is -0.870. The predicted molar refractivity (Wildman–Crippen MR) is 111 cm³/mol. The molecule has 0 aliphatic carbocycles. The molecule has 7 nitrogen and oxygen atoms in total. The zero-order valence-electron chi connectivity index (χ0n) is 16.8. The minimum absolute atomic E-state index is 0.0213. The van der Waals surface area contributed by atoms with E-state index in [4.69, 9.17) is 21.1 Å². The second kappa shape index (κ2) is 8.63. The topological polar surface area (TPSA) is 91.7 Å². The van der Waals surface area contributed by atoms with Crippen LogP contribution in [0.25, 0.3) is 0 Å². The van der Waals surface area contributed by atoms with E-state index in [1.807, 2.05) is 0 Å². The van der Waals surface area contributed by atoms with Crippen LogP contribution in [-0.4, -0.2) is 43.0 Å². The molecular weight excluding hydrogens is 444 g/mol. The first kappa shape index (κ1) is 21.8. The Labute approximate surface area is 187 Å². The molecule has 0 aromatic heterocycles. The van der Waals surface area contributed by atoms with E-state index >= 15 is 0 Å². The maximum atomic E-state index is 14.5. The first-order chi connectivity index (χ1) is 15.3. The summed E-state index contributed by atoms with van der Waals surface area (Å²) in [5, 5.41) is 12.4. The predicted octanol–water partition coefficient (Wildman–Crippen LogP) is 3.77. The van der Waals surface area contributed by atoms with Crippen LogP contribution in [0.1, 0.15) is 23.2 Å². The van der Waals surface area contributed by atoms with Crippen molar-refractivity contribution in [3.05, 3.63) is 52.6 Å². The lowest BCUT2D eigenvalue weighted by molar-refractivity contribution is -0.118. The highest BCUT2D eigenvalue weighted by Crippen LogP contribution is 2.35. The van der Waals surface area contributed by atoms with E-state index in [1.165, 1.54) is 23.1 Å². The molecular formula is C22H18ClF2N3O4. The maximum absolute atomic E-state index is 14.5. The number of benzene rings is 2. The number of nitrogens with zero attached hydrogens (tertiary/aromatic N) is 2. The quantitative estimate of drug-likeness (QED) is 0.748.